The Morgan fingerprint density at radius 3 is 1.71 bits per heavy atom. The van der Waals surface area contributed by atoms with E-state index in [4.69, 9.17) is 0 Å². The Morgan fingerprint density at radius 2 is 1.43 bits per heavy atom. The molecule has 0 radical (unpaired) electrons. The quantitative estimate of drug-likeness (QED) is 0.648. The molecule has 0 spiro atoms. The standard InChI is InChI=1S/C13H29N/c1-9-12(4,5)14(8)13(6,7)10-11(2)3/h11H,9-10H2,1-8H3. The van der Waals surface area contributed by atoms with E-state index < -0.39 is 0 Å². The van der Waals surface area contributed by atoms with Gasteiger partial charge in [0.1, 0.15) is 0 Å². The molecule has 0 heterocycles. The third-order valence-corrected chi connectivity index (χ3v) is 3.59. The van der Waals surface area contributed by atoms with Crippen LogP contribution in [-0.2, 0) is 0 Å². The Morgan fingerprint density at radius 1 is 1.00 bits per heavy atom. The molecule has 1 nitrogen and oxygen atoms in total. The first kappa shape index (κ1) is 14.0. The van der Waals surface area contributed by atoms with Crippen LogP contribution in [0.1, 0.15) is 61.3 Å². The summed E-state index contributed by atoms with van der Waals surface area (Å²) in [4.78, 5) is 2.53. The molecule has 0 rings (SSSR count). The van der Waals surface area contributed by atoms with E-state index in [9.17, 15) is 0 Å². The average molecular weight is 199 g/mol. The van der Waals surface area contributed by atoms with Crippen molar-refractivity contribution in [3.05, 3.63) is 0 Å². The third kappa shape index (κ3) is 3.61. The predicted molar refractivity (Wildman–Crippen MR) is 65.7 cm³/mol. The van der Waals surface area contributed by atoms with Gasteiger partial charge in [-0.15, -0.1) is 0 Å². The first-order valence-electron chi connectivity index (χ1n) is 5.87. The van der Waals surface area contributed by atoms with Crippen LogP contribution < -0.4 is 0 Å². The van der Waals surface area contributed by atoms with E-state index in [1.165, 1.54) is 12.8 Å². The number of hydrogen-bond donors (Lipinski definition) is 0. The third-order valence-electron chi connectivity index (χ3n) is 3.59. The minimum absolute atomic E-state index is 0.299. The van der Waals surface area contributed by atoms with E-state index in [2.05, 4.69) is 60.4 Å². The zero-order valence-electron chi connectivity index (χ0n) is 11.4. The summed E-state index contributed by atoms with van der Waals surface area (Å²) in [7, 11) is 2.26. The molecule has 0 aliphatic heterocycles. The van der Waals surface area contributed by atoms with Crippen molar-refractivity contribution < 1.29 is 0 Å². The normalized spacial score (nSPS) is 14.1. The summed E-state index contributed by atoms with van der Waals surface area (Å²) in [5.41, 5.74) is 0.603. The molecule has 86 valence electrons. The Balaban J connectivity index is 4.56. The lowest BCUT2D eigenvalue weighted by Gasteiger charge is -2.47. The van der Waals surface area contributed by atoms with Gasteiger partial charge in [-0.05, 0) is 53.5 Å². The minimum Gasteiger partial charge on any atom is -0.296 e. The van der Waals surface area contributed by atoms with Crippen LogP contribution in [0.5, 0.6) is 0 Å². The Hall–Kier alpha value is -0.0400. The van der Waals surface area contributed by atoms with E-state index in [1.807, 2.05) is 0 Å². The lowest BCUT2D eigenvalue weighted by atomic mass is 9.86. The van der Waals surface area contributed by atoms with E-state index in [0.29, 0.717) is 11.1 Å². The molecule has 0 unspecified atom stereocenters. The second-order valence-electron chi connectivity index (χ2n) is 6.14. The summed E-state index contributed by atoms with van der Waals surface area (Å²) in [6.07, 6.45) is 2.46. The number of nitrogens with zero attached hydrogens (tertiary/aromatic N) is 1. The van der Waals surface area contributed by atoms with Gasteiger partial charge in [-0.1, -0.05) is 20.8 Å². The molecule has 0 aliphatic rings. The van der Waals surface area contributed by atoms with Crippen molar-refractivity contribution in [2.45, 2.75) is 72.4 Å². The van der Waals surface area contributed by atoms with Gasteiger partial charge in [0.15, 0.2) is 0 Å². The molecule has 0 fully saturated rings. The van der Waals surface area contributed by atoms with Crippen LogP contribution in [0.2, 0.25) is 0 Å². The fourth-order valence-corrected chi connectivity index (χ4v) is 2.19. The molecular weight excluding hydrogens is 170 g/mol. The van der Waals surface area contributed by atoms with Crippen LogP contribution in [-0.4, -0.2) is 23.0 Å². The molecule has 0 aromatic rings. The highest BCUT2D eigenvalue weighted by Gasteiger charge is 2.33. The first-order valence-corrected chi connectivity index (χ1v) is 5.87. The molecule has 0 atom stereocenters. The van der Waals surface area contributed by atoms with E-state index >= 15 is 0 Å². The van der Waals surface area contributed by atoms with Crippen molar-refractivity contribution in [3.63, 3.8) is 0 Å². The van der Waals surface area contributed by atoms with Gasteiger partial charge in [0.05, 0.1) is 0 Å². The van der Waals surface area contributed by atoms with E-state index in [-0.39, 0.29) is 0 Å². The van der Waals surface area contributed by atoms with Crippen molar-refractivity contribution in [2.75, 3.05) is 7.05 Å². The molecule has 0 saturated carbocycles. The maximum atomic E-state index is 2.53. The van der Waals surface area contributed by atoms with E-state index in [1.54, 1.807) is 0 Å². The Labute approximate surface area is 90.9 Å². The fourth-order valence-electron chi connectivity index (χ4n) is 2.19. The van der Waals surface area contributed by atoms with Gasteiger partial charge in [0.25, 0.3) is 0 Å². The van der Waals surface area contributed by atoms with Crippen LogP contribution in [0.15, 0.2) is 0 Å². The summed E-state index contributed by atoms with van der Waals surface area (Å²) >= 11 is 0. The van der Waals surface area contributed by atoms with Crippen molar-refractivity contribution >= 4 is 0 Å². The molecule has 0 aromatic heterocycles. The lowest BCUT2D eigenvalue weighted by molar-refractivity contribution is 0.0287. The summed E-state index contributed by atoms with van der Waals surface area (Å²) in [5, 5.41) is 0. The maximum Gasteiger partial charge on any atom is 0.0157 e. The predicted octanol–water partition coefficient (Wildman–Crippen LogP) is 3.93. The van der Waals surface area contributed by atoms with Crippen LogP contribution in [0, 0.1) is 5.92 Å². The fraction of sp³-hybridized carbons (Fsp3) is 1.00. The van der Waals surface area contributed by atoms with Crippen LogP contribution in [0.25, 0.3) is 0 Å². The highest BCUT2D eigenvalue weighted by molar-refractivity contribution is 4.89. The second kappa shape index (κ2) is 4.65. The van der Waals surface area contributed by atoms with Crippen molar-refractivity contribution in [2.24, 2.45) is 5.92 Å². The van der Waals surface area contributed by atoms with Crippen molar-refractivity contribution in [3.8, 4) is 0 Å². The summed E-state index contributed by atoms with van der Waals surface area (Å²) in [5.74, 6) is 0.764. The molecule has 0 N–H and O–H groups in total. The minimum atomic E-state index is 0.299. The largest absolute Gasteiger partial charge is 0.296 e. The maximum absolute atomic E-state index is 2.53. The highest BCUT2D eigenvalue weighted by Crippen LogP contribution is 2.30. The summed E-state index contributed by atoms with van der Waals surface area (Å²) < 4.78 is 0. The topological polar surface area (TPSA) is 3.24 Å². The zero-order valence-corrected chi connectivity index (χ0v) is 11.4. The first-order chi connectivity index (χ1) is 6.13. The average Bonchev–Trinajstić information content (AvgIpc) is 2.00. The molecule has 0 saturated heterocycles. The molecule has 0 bridgehead atoms. The van der Waals surface area contributed by atoms with Crippen LogP contribution in [0.4, 0.5) is 0 Å². The van der Waals surface area contributed by atoms with Gasteiger partial charge in [-0.3, -0.25) is 4.90 Å². The molecule has 0 aliphatic carbocycles. The molecule has 1 heteroatoms. The van der Waals surface area contributed by atoms with Gasteiger partial charge < -0.3 is 0 Å². The van der Waals surface area contributed by atoms with Gasteiger partial charge in [0.2, 0.25) is 0 Å². The van der Waals surface area contributed by atoms with E-state index in [0.717, 1.165) is 5.92 Å². The van der Waals surface area contributed by atoms with Crippen LogP contribution >= 0.6 is 0 Å². The highest BCUT2D eigenvalue weighted by atomic mass is 15.2. The van der Waals surface area contributed by atoms with Crippen molar-refractivity contribution in [1.82, 2.24) is 4.90 Å². The number of rotatable bonds is 5. The Bertz CT molecular complexity index is 168. The number of hydrogen-bond acceptors (Lipinski definition) is 1. The lowest BCUT2D eigenvalue weighted by Crippen LogP contribution is -2.53. The Kier molecular flexibility index (Phi) is 4.64. The SMILES string of the molecule is CCC(C)(C)N(C)C(C)(C)CC(C)C. The van der Waals surface area contributed by atoms with Crippen molar-refractivity contribution in [1.29, 1.82) is 0 Å². The summed E-state index contributed by atoms with van der Waals surface area (Å²) in [6, 6.07) is 0. The molecule has 0 aromatic carbocycles. The molecular formula is C13H29N. The smallest absolute Gasteiger partial charge is 0.0157 e. The molecule has 14 heavy (non-hydrogen) atoms. The van der Waals surface area contributed by atoms with Gasteiger partial charge >= 0.3 is 0 Å². The van der Waals surface area contributed by atoms with Gasteiger partial charge in [0, 0.05) is 11.1 Å². The zero-order chi connectivity index (χ0) is 11.6. The molecule has 0 amide bonds. The van der Waals surface area contributed by atoms with Gasteiger partial charge in [-0.2, -0.15) is 0 Å². The monoisotopic (exact) mass is 199 g/mol. The summed E-state index contributed by atoms with van der Waals surface area (Å²) in [6.45, 7) is 16.2. The van der Waals surface area contributed by atoms with Crippen LogP contribution in [0.3, 0.4) is 0 Å². The second-order valence-corrected chi connectivity index (χ2v) is 6.14. The van der Waals surface area contributed by atoms with Gasteiger partial charge in [-0.25, -0.2) is 0 Å².